The largest absolute Gasteiger partial charge is 0.321 e. The zero-order valence-corrected chi connectivity index (χ0v) is 7.99. The topological polar surface area (TPSA) is 32.9 Å². The van der Waals surface area contributed by atoms with Crippen molar-refractivity contribution in [1.29, 1.82) is 0 Å². The van der Waals surface area contributed by atoms with Crippen molar-refractivity contribution in [1.82, 2.24) is 4.98 Å². The van der Waals surface area contributed by atoms with Gasteiger partial charge in [0.25, 0.3) is 5.56 Å². The Morgan fingerprint density at radius 2 is 1.77 bits per heavy atom. The number of H-pyrrole nitrogens is 1. The van der Waals surface area contributed by atoms with Gasteiger partial charge in [-0.3, -0.25) is 4.79 Å². The summed E-state index contributed by atoms with van der Waals surface area (Å²) in [5, 5.41) is 1.11. The summed E-state index contributed by atoms with van der Waals surface area (Å²) in [6.07, 6.45) is 0. The summed E-state index contributed by atoms with van der Waals surface area (Å²) in [5.41, 5.74) is 0.340. The average molecular weight is 214 g/mol. The summed E-state index contributed by atoms with van der Waals surface area (Å²) in [6.45, 7) is 0. The van der Waals surface area contributed by atoms with Crippen molar-refractivity contribution in [2.24, 2.45) is 0 Å². The molecule has 0 aliphatic rings. The second kappa shape index (κ2) is 3.05. The van der Waals surface area contributed by atoms with Gasteiger partial charge in [-0.1, -0.05) is 41.4 Å². The predicted octanol–water partition coefficient (Wildman–Crippen LogP) is 2.83. The highest BCUT2D eigenvalue weighted by molar-refractivity contribution is 6.44. The van der Waals surface area contributed by atoms with E-state index < -0.39 is 0 Å². The van der Waals surface area contributed by atoms with Gasteiger partial charge in [0.05, 0.1) is 5.02 Å². The third-order valence-electron chi connectivity index (χ3n) is 1.80. The minimum Gasteiger partial charge on any atom is -0.321 e. The highest BCUT2D eigenvalue weighted by Crippen LogP contribution is 2.25. The van der Waals surface area contributed by atoms with Crippen molar-refractivity contribution in [2.45, 2.75) is 0 Å². The van der Waals surface area contributed by atoms with Crippen molar-refractivity contribution < 1.29 is 0 Å². The van der Waals surface area contributed by atoms with Crippen LogP contribution in [-0.2, 0) is 0 Å². The second-order valence-corrected chi connectivity index (χ2v) is 3.38. The second-order valence-electron chi connectivity index (χ2n) is 2.63. The molecule has 4 heteroatoms. The summed E-state index contributed by atoms with van der Waals surface area (Å²) >= 11 is 11.6. The highest BCUT2D eigenvalue weighted by Gasteiger charge is 2.06. The van der Waals surface area contributed by atoms with Crippen molar-refractivity contribution in [3.05, 3.63) is 44.7 Å². The number of aromatic nitrogens is 1. The third-order valence-corrected chi connectivity index (χ3v) is 2.65. The number of para-hydroxylation sites is 1. The Morgan fingerprint density at radius 1 is 1.08 bits per heavy atom. The van der Waals surface area contributed by atoms with E-state index >= 15 is 0 Å². The molecular weight excluding hydrogens is 209 g/mol. The number of nitrogens with one attached hydrogen (secondary N) is 1. The summed E-state index contributed by atoms with van der Waals surface area (Å²) < 4.78 is 0. The first-order valence-corrected chi connectivity index (χ1v) is 4.42. The molecule has 0 radical (unpaired) electrons. The zero-order valence-electron chi connectivity index (χ0n) is 6.47. The number of fused-ring (bicyclic) bond motifs is 1. The molecule has 0 aliphatic carbocycles. The Morgan fingerprint density at radius 3 is 2.54 bits per heavy atom. The van der Waals surface area contributed by atoms with Crippen LogP contribution in [0.3, 0.4) is 0 Å². The minimum atomic E-state index is -0.356. The van der Waals surface area contributed by atoms with Gasteiger partial charge in [-0.15, -0.1) is 0 Å². The molecule has 1 heterocycles. The number of pyridine rings is 1. The summed E-state index contributed by atoms with van der Waals surface area (Å²) in [4.78, 5) is 13.8. The molecule has 0 amide bonds. The lowest BCUT2D eigenvalue weighted by atomic mass is 10.2. The van der Waals surface area contributed by atoms with Crippen LogP contribution in [0.5, 0.6) is 0 Å². The molecule has 0 spiro atoms. The fourth-order valence-electron chi connectivity index (χ4n) is 1.18. The molecule has 0 unspecified atom stereocenters. The molecule has 0 atom stereocenters. The quantitative estimate of drug-likeness (QED) is 0.718. The van der Waals surface area contributed by atoms with E-state index in [4.69, 9.17) is 23.2 Å². The van der Waals surface area contributed by atoms with E-state index in [-0.39, 0.29) is 10.6 Å². The highest BCUT2D eigenvalue weighted by atomic mass is 35.5. The van der Waals surface area contributed by atoms with Crippen LogP contribution in [0.4, 0.5) is 0 Å². The maximum atomic E-state index is 11.2. The zero-order chi connectivity index (χ0) is 9.42. The van der Waals surface area contributed by atoms with Crippen molar-refractivity contribution in [3.8, 4) is 0 Å². The van der Waals surface area contributed by atoms with Gasteiger partial charge >= 0.3 is 0 Å². The Kier molecular flexibility index (Phi) is 2.02. The van der Waals surface area contributed by atoms with E-state index in [1.807, 2.05) is 12.1 Å². The minimum absolute atomic E-state index is 0.0420. The number of aromatic amines is 1. The summed E-state index contributed by atoms with van der Waals surface area (Å²) in [6, 6.07) is 7.24. The molecule has 0 aliphatic heterocycles. The maximum absolute atomic E-state index is 11.2. The standard InChI is InChI=1S/C9H5Cl2NO/c10-7-5-3-1-2-4-6(5)12-9(13)8(7)11/h1-4H,(H,12,13). The van der Waals surface area contributed by atoms with Gasteiger partial charge in [-0.25, -0.2) is 0 Å². The smallest absolute Gasteiger partial charge is 0.268 e. The fraction of sp³-hybridized carbons (Fsp3) is 0. The molecule has 1 aromatic carbocycles. The third kappa shape index (κ3) is 1.32. The van der Waals surface area contributed by atoms with Crippen LogP contribution in [0.2, 0.25) is 10.0 Å². The van der Waals surface area contributed by atoms with E-state index in [9.17, 15) is 4.79 Å². The average Bonchev–Trinajstić information content (AvgIpc) is 2.15. The van der Waals surface area contributed by atoms with Crippen LogP contribution in [0.25, 0.3) is 10.9 Å². The molecule has 0 saturated carbocycles. The van der Waals surface area contributed by atoms with Crippen molar-refractivity contribution in [2.75, 3.05) is 0 Å². The molecule has 2 nitrogen and oxygen atoms in total. The Balaban J connectivity index is 3.02. The first-order chi connectivity index (χ1) is 6.20. The molecular formula is C9H5Cl2NO. The van der Waals surface area contributed by atoms with Gasteiger partial charge in [0.15, 0.2) is 0 Å². The lowest BCUT2D eigenvalue weighted by molar-refractivity contribution is 1.31. The van der Waals surface area contributed by atoms with E-state index in [1.54, 1.807) is 12.1 Å². The maximum Gasteiger partial charge on any atom is 0.268 e. The van der Waals surface area contributed by atoms with Crippen LogP contribution in [0, 0.1) is 0 Å². The fourth-order valence-corrected chi connectivity index (χ4v) is 1.58. The van der Waals surface area contributed by atoms with E-state index in [1.165, 1.54) is 0 Å². The molecule has 13 heavy (non-hydrogen) atoms. The van der Waals surface area contributed by atoms with Crippen LogP contribution in [-0.4, -0.2) is 4.98 Å². The van der Waals surface area contributed by atoms with E-state index in [0.717, 1.165) is 5.39 Å². The first kappa shape index (κ1) is 8.60. The predicted molar refractivity (Wildman–Crippen MR) is 54.6 cm³/mol. The van der Waals surface area contributed by atoms with Gasteiger partial charge < -0.3 is 4.98 Å². The van der Waals surface area contributed by atoms with Gasteiger partial charge in [0, 0.05) is 10.9 Å². The molecule has 0 fully saturated rings. The van der Waals surface area contributed by atoms with Crippen molar-refractivity contribution >= 4 is 34.1 Å². The molecule has 1 aromatic heterocycles. The Bertz CT molecular complexity index is 518. The molecule has 2 aromatic rings. The normalized spacial score (nSPS) is 10.6. The van der Waals surface area contributed by atoms with Crippen LogP contribution in [0.1, 0.15) is 0 Å². The monoisotopic (exact) mass is 213 g/mol. The van der Waals surface area contributed by atoms with E-state index in [0.29, 0.717) is 10.5 Å². The number of hydrogen-bond acceptors (Lipinski definition) is 1. The van der Waals surface area contributed by atoms with E-state index in [2.05, 4.69) is 4.98 Å². The lowest BCUT2D eigenvalue weighted by Gasteiger charge is -2.00. The molecule has 0 bridgehead atoms. The number of halogens is 2. The first-order valence-electron chi connectivity index (χ1n) is 3.66. The van der Waals surface area contributed by atoms with Crippen LogP contribution in [0.15, 0.2) is 29.1 Å². The van der Waals surface area contributed by atoms with Gasteiger partial charge in [-0.2, -0.15) is 0 Å². The van der Waals surface area contributed by atoms with Gasteiger partial charge in [0.2, 0.25) is 0 Å². The van der Waals surface area contributed by atoms with Crippen LogP contribution >= 0.6 is 23.2 Å². The van der Waals surface area contributed by atoms with Gasteiger partial charge in [0.1, 0.15) is 5.02 Å². The molecule has 66 valence electrons. The Labute approximate surface area is 84.1 Å². The van der Waals surface area contributed by atoms with Crippen LogP contribution < -0.4 is 5.56 Å². The lowest BCUT2D eigenvalue weighted by Crippen LogP contribution is -2.06. The summed E-state index contributed by atoms with van der Waals surface area (Å²) in [7, 11) is 0. The summed E-state index contributed by atoms with van der Waals surface area (Å²) in [5.74, 6) is 0. The molecule has 2 rings (SSSR count). The number of hydrogen-bond donors (Lipinski definition) is 1. The molecule has 1 N–H and O–H groups in total. The Hall–Kier alpha value is -0.990. The number of benzene rings is 1. The number of rotatable bonds is 0. The van der Waals surface area contributed by atoms with Crippen molar-refractivity contribution in [3.63, 3.8) is 0 Å². The SMILES string of the molecule is O=c1[nH]c2ccccc2c(Cl)c1Cl. The molecule has 0 saturated heterocycles. The van der Waals surface area contributed by atoms with Gasteiger partial charge in [-0.05, 0) is 6.07 Å².